The fourth-order valence-electron chi connectivity index (χ4n) is 4.61. The van der Waals surface area contributed by atoms with E-state index in [1.54, 1.807) is 32.2 Å². The molecule has 2 aromatic carbocycles. The number of carbonyl (C=O) groups excluding carboxylic acids is 3. The van der Waals surface area contributed by atoms with Gasteiger partial charge in [0.1, 0.15) is 23.9 Å². The summed E-state index contributed by atoms with van der Waals surface area (Å²) in [6, 6.07) is 8.43. The van der Waals surface area contributed by atoms with Gasteiger partial charge in [0.05, 0.1) is 12.5 Å². The molecule has 4 atom stereocenters. The Labute approximate surface area is 247 Å². The molecule has 3 aromatic rings. The molecule has 1 heterocycles. The number of H-pyrrole nitrogens is 1. The molecule has 0 aliphatic carbocycles. The average Bonchev–Trinajstić information content (AvgIpc) is 3.35. The Morgan fingerprint density at radius 1 is 0.814 bits per heavy atom. The summed E-state index contributed by atoms with van der Waals surface area (Å²) in [5.41, 5.74) is 8.55. The second-order valence-electron chi connectivity index (χ2n) is 10.8. The monoisotopic (exact) mass is 595 g/mol. The number of nitrogens with two attached hydrogens (primary N) is 1. The third kappa shape index (κ3) is 9.57. The van der Waals surface area contributed by atoms with Crippen molar-refractivity contribution < 1.29 is 39.3 Å². The zero-order chi connectivity index (χ0) is 31.7. The Morgan fingerprint density at radius 2 is 1.42 bits per heavy atom. The fraction of sp³-hybridized carbons (Fsp3) is 0.367. The van der Waals surface area contributed by atoms with E-state index in [0.29, 0.717) is 5.56 Å². The van der Waals surface area contributed by atoms with Crippen LogP contribution in [0.25, 0.3) is 10.9 Å². The minimum Gasteiger partial charge on any atom is -0.508 e. The van der Waals surface area contributed by atoms with Gasteiger partial charge in [-0.3, -0.25) is 19.2 Å². The maximum atomic E-state index is 13.5. The third-order valence-electron chi connectivity index (χ3n) is 6.79. The number of carbonyl (C=O) groups is 5. The Kier molecular flexibility index (Phi) is 11.2. The highest BCUT2D eigenvalue weighted by Gasteiger charge is 2.32. The van der Waals surface area contributed by atoms with Crippen molar-refractivity contribution in [3.8, 4) is 5.75 Å². The van der Waals surface area contributed by atoms with Crippen LogP contribution in [-0.2, 0) is 36.8 Å². The van der Waals surface area contributed by atoms with Crippen molar-refractivity contribution >= 4 is 40.6 Å². The van der Waals surface area contributed by atoms with E-state index < -0.39 is 60.2 Å². The summed E-state index contributed by atoms with van der Waals surface area (Å²) in [4.78, 5) is 65.5. The number of nitrogens with one attached hydrogen (secondary N) is 4. The number of carboxylic acids is 2. The summed E-state index contributed by atoms with van der Waals surface area (Å²) >= 11 is 0. The van der Waals surface area contributed by atoms with Gasteiger partial charge in [-0.2, -0.15) is 0 Å². The first-order valence-electron chi connectivity index (χ1n) is 13.8. The molecule has 0 aliphatic rings. The van der Waals surface area contributed by atoms with Crippen molar-refractivity contribution in [3.05, 3.63) is 65.9 Å². The lowest BCUT2D eigenvalue weighted by molar-refractivity contribution is -0.147. The molecule has 1 aromatic heterocycles. The van der Waals surface area contributed by atoms with Crippen molar-refractivity contribution in [1.82, 2.24) is 20.9 Å². The van der Waals surface area contributed by atoms with E-state index >= 15 is 0 Å². The highest BCUT2D eigenvalue weighted by atomic mass is 16.4. The molecule has 43 heavy (non-hydrogen) atoms. The van der Waals surface area contributed by atoms with E-state index in [0.717, 1.165) is 16.5 Å². The zero-order valence-corrected chi connectivity index (χ0v) is 23.9. The minimum absolute atomic E-state index is 0.00948. The Hall–Kier alpha value is -4.91. The van der Waals surface area contributed by atoms with E-state index in [2.05, 4.69) is 20.9 Å². The summed E-state index contributed by atoms with van der Waals surface area (Å²) in [5.74, 6) is -5.27. The lowest BCUT2D eigenvalue weighted by Gasteiger charge is -2.26. The molecule has 0 fully saturated rings. The van der Waals surface area contributed by atoms with Gasteiger partial charge >= 0.3 is 11.9 Å². The normalized spacial score (nSPS) is 14.0. The molecule has 0 aliphatic heterocycles. The molecule has 0 saturated carbocycles. The van der Waals surface area contributed by atoms with Gasteiger partial charge in [-0.25, -0.2) is 4.79 Å². The number of rotatable bonds is 15. The SMILES string of the molecule is CC(C)CC(NC(=O)C(Cc1ccc(O)cc1)NC(=O)C(N)Cc1c[nH]c2ccccc12)C(=O)NC(CC(=O)O)C(=O)O. The van der Waals surface area contributed by atoms with Crippen molar-refractivity contribution in [1.29, 1.82) is 0 Å². The molecule has 4 unspecified atom stereocenters. The fourth-order valence-corrected chi connectivity index (χ4v) is 4.61. The topological polar surface area (TPSA) is 224 Å². The second kappa shape index (κ2) is 14.8. The first kappa shape index (κ1) is 32.6. The zero-order valence-electron chi connectivity index (χ0n) is 23.9. The number of para-hydroxylation sites is 1. The number of hydrogen-bond acceptors (Lipinski definition) is 7. The molecule has 3 amide bonds. The maximum Gasteiger partial charge on any atom is 0.326 e. The highest BCUT2D eigenvalue weighted by Crippen LogP contribution is 2.19. The predicted molar refractivity (Wildman–Crippen MR) is 157 cm³/mol. The minimum atomic E-state index is -1.70. The lowest BCUT2D eigenvalue weighted by atomic mass is 10.00. The molecular weight excluding hydrogens is 558 g/mol. The number of fused-ring (bicyclic) bond motifs is 1. The predicted octanol–water partition coefficient (Wildman–Crippen LogP) is 1.05. The molecule has 0 saturated heterocycles. The molecular formula is C30H37N5O8. The molecule has 13 nitrogen and oxygen atoms in total. The first-order chi connectivity index (χ1) is 20.3. The van der Waals surface area contributed by atoms with Crippen LogP contribution >= 0.6 is 0 Å². The van der Waals surface area contributed by atoms with Crippen LogP contribution in [0.3, 0.4) is 0 Å². The summed E-state index contributed by atoms with van der Waals surface area (Å²) in [6.07, 6.45) is 1.20. The molecule has 0 bridgehead atoms. The van der Waals surface area contributed by atoms with Crippen LogP contribution in [0.15, 0.2) is 54.7 Å². The van der Waals surface area contributed by atoms with Gasteiger partial charge in [-0.05, 0) is 48.1 Å². The number of aliphatic carboxylic acids is 2. The average molecular weight is 596 g/mol. The van der Waals surface area contributed by atoms with E-state index in [4.69, 9.17) is 10.8 Å². The smallest absolute Gasteiger partial charge is 0.326 e. The van der Waals surface area contributed by atoms with Gasteiger partial charge in [-0.1, -0.05) is 44.2 Å². The van der Waals surface area contributed by atoms with Crippen molar-refractivity contribution in [2.24, 2.45) is 11.7 Å². The third-order valence-corrected chi connectivity index (χ3v) is 6.79. The van der Waals surface area contributed by atoms with Crippen LogP contribution in [0, 0.1) is 5.92 Å². The molecule has 230 valence electrons. The number of carboxylic acid groups (broad SMARTS) is 2. The van der Waals surface area contributed by atoms with E-state index in [1.807, 2.05) is 24.3 Å². The van der Waals surface area contributed by atoms with Crippen LogP contribution in [0.5, 0.6) is 5.75 Å². The molecule has 3 rings (SSSR count). The first-order valence-corrected chi connectivity index (χ1v) is 13.8. The Morgan fingerprint density at radius 3 is 2.05 bits per heavy atom. The highest BCUT2D eigenvalue weighted by molar-refractivity contribution is 5.95. The number of phenols is 1. The number of aromatic hydroxyl groups is 1. The van der Waals surface area contributed by atoms with Crippen LogP contribution in [0.4, 0.5) is 0 Å². The Balaban J connectivity index is 1.79. The Bertz CT molecular complexity index is 1450. The van der Waals surface area contributed by atoms with Gasteiger partial charge in [0.2, 0.25) is 17.7 Å². The van der Waals surface area contributed by atoms with E-state index in [9.17, 15) is 34.2 Å². The van der Waals surface area contributed by atoms with Crippen LogP contribution in [0.2, 0.25) is 0 Å². The number of benzene rings is 2. The number of phenolic OH excluding ortho intramolecular Hbond substituents is 1. The van der Waals surface area contributed by atoms with E-state index in [-0.39, 0.29) is 30.9 Å². The van der Waals surface area contributed by atoms with Gasteiger partial charge in [0, 0.05) is 23.5 Å². The summed E-state index contributed by atoms with van der Waals surface area (Å²) in [5, 5.41) is 36.4. The molecule has 9 N–H and O–H groups in total. The summed E-state index contributed by atoms with van der Waals surface area (Å²) in [7, 11) is 0. The number of aromatic nitrogens is 1. The molecule has 0 spiro atoms. The van der Waals surface area contributed by atoms with Gasteiger partial charge in [-0.15, -0.1) is 0 Å². The van der Waals surface area contributed by atoms with Crippen molar-refractivity contribution in [2.75, 3.05) is 0 Å². The summed E-state index contributed by atoms with van der Waals surface area (Å²) < 4.78 is 0. The summed E-state index contributed by atoms with van der Waals surface area (Å²) in [6.45, 7) is 3.58. The largest absolute Gasteiger partial charge is 0.508 e. The van der Waals surface area contributed by atoms with Gasteiger partial charge in [0.25, 0.3) is 0 Å². The van der Waals surface area contributed by atoms with Crippen molar-refractivity contribution in [2.45, 2.75) is 63.7 Å². The molecule has 0 radical (unpaired) electrons. The van der Waals surface area contributed by atoms with E-state index in [1.165, 1.54) is 12.1 Å². The van der Waals surface area contributed by atoms with Crippen LogP contribution in [0.1, 0.15) is 37.8 Å². The number of aromatic amines is 1. The number of amides is 3. The standard InChI is InChI=1S/C30H37N5O8/c1-16(2)11-23(28(40)35-25(30(42)43)14-26(37)38)34-29(41)24(12-17-7-9-19(36)10-8-17)33-27(39)21(31)13-18-15-32-22-6-4-3-5-20(18)22/h3-10,15-16,21,23-25,32,36H,11-14,31H2,1-2H3,(H,33,39)(H,34,41)(H,35,40)(H,37,38)(H,42,43). The lowest BCUT2D eigenvalue weighted by Crippen LogP contribution is -2.58. The second-order valence-corrected chi connectivity index (χ2v) is 10.8. The van der Waals surface area contributed by atoms with Gasteiger partial charge < -0.3 is 42.0 Å². The quantitative estimate of drug-likeness (QED) is 0.125. The maximum absolute atomic E-state index is 13.5. The van der Waals surface area contributed by atoms with Crippen LogP contribution < -0.4 is 21.7 Å². The van der Waals surface area contributed by atoms with Crippen molar-refractivity contribution in [3.63, 3.8) is 0 Å². The molecule has 13 heteroatoms. The van der Waals surface area contributed by atoms with Gasteiger partial charge in [0.15, 0.2) is 0 Å². The van der Waals surface area contributed by atoms with Crippen LogP contribution in [-0.4, -0.2) is 74.1 Å². The number of hydrogen-bond donors (Lipinski definition) is 8.